The van der Waals surface area contributed by atoms with Crippen molar-refractivity contribution in [2.75, 3.05) is 0 Å². The molecule has 1 atom stereocenters. The molecule has 5 nitrogen and oxygen atoms in total. The van der Waals surface area contributed by atoms with Crippen LogP contribution in [0.15, 0.2) is 22.1 Å². The highest BCUT2D eigenvalue weighted by atomic mass is 32.2. The molecule has 3 rings (SSSR count). The number of thioether (sulfide) groups is 1. The molecule has 0 aromatic carbocycles. The van der Waals surface area contributed by atoms with Gasteiger partial charge in [-0.05, 0) is 12.5 Å². The van der Waals surface area contributed by atoms with Crippen molar-refractivity contribution in [3.8, 4) is 0 Å². The second-order valence-electron chi connectivity index (χ2n) is 3.36. The van der Waals surface area contributed by atoms with Crippen molar-refractivity contribution < 1.29 is 4.79 Å². The molecular weight excluding hydrogens is 214 g/mol. The number of carbonyl (C=O) groups excluding carboxylic acids is 1. The zero-order valence-electron chi connectivity index (χ0n) is 7.64. The van der Waals surface area contributed by atoms with Gasteiger partial charge >= 0.3 is 5.69 Å². The normalized spacial score (nSPS) is 19.3. The minimum absolute atomic E-state index is 0.0863. The maximum Gasteiger partial charge on any atom is 0.347 e. The Kier molecular flexibility index (Phi) is 1.72. The molecule has 0 radical (unpaired) electrons. The number of rotatable bonds is 1. The summed E-state index contributed by atoms with van der Waals surface area (Å²) in [6.07, 6.45) is 3.16. The maximum absolute atomic E-state index is 11.5. The van der Waals surface area contributed by atoms with E-state index < -0.39 is 0 Å². The van der Waals surface area contributed by atoms with Crippen LogP contribution in [0.2, 0.25) is 0 Å². The number of H-pyrrole nitrogens is 1. The lowest BCUT2D eigenvalue weighted by Gasteiger charge is -1.99. The van der Waals surface area contributed by atoms with Gasteiger partial charge in [-0.1, -0.05) is 11.8 Å². The number of hydrogen-bond donors (Lipinski definition) is 1. The van der Waals surface area contributed by atoms with Gasteiger partial charge in [-0.15, -0.1) is 0 Å². The third kappa shape index (κ3) is 1.14. The molecule has 0 saturated heterocycles. The van der Waals surface area contributed by atoms with Crippen molar-refractivity contribution in [1.82, 2.24) is 14.6 Å². The van der Waals surface area contributed by atoms with Gasteiger partial charge in [-0.2, -0.15) is 9.61 Å². The lowest BCUT2D eigenvalue weighted by molar-refractivity contribution is -0.107. The highest BCUT2D eigenvalue weighted by molar-refractivity contribution is 8.00. The molecule has 0 aliphatic carbocycles. The molecule has 1 N–H and O–H groups in total. The van der Waals surface area contributed by atoms with Gasteiger partial charge in [0, 0.05) is 5.56 Å². The number of nitrogens with one attached hydrogen (secondary N) is 1. The number of hydrogen-bond acceptors (Lipinski definition) is 4. The largest absolute Gasteiger partial charge is 0.347 e. The molecule has 1 aliphatic rings. The van der Waals surface area contributed by atoms with Crippen LogP contribution in [0.5, 0.6) is 0 Å². The SMILES string of the molecule is O=CC1Cc2c([nH]c(=O)n3nccc23)S1. The number of fused-ring (bicyclic) bond motifs is 3. The fourth-order valence-corrected chi connectivity index (χ4v) is 2.89. The summed E-state index contributed by atoms with van der Waals surface area (Å²) in [4.78, 5) is 25.0. The first kappa shape index (κ1) is 8.72. The number of nitrogens with zero attached hydrogens (tertiary/aromatic N) is 2. The summed E-state index contributed by atoms with van der Waals surface area (Å²) in [7, 11) is 0. The van der Waals surface area contributed by atoms with Crippen LogP contribution in [0.4, 0.5) is 0 Å². The summed E-state index contributed by atoms with van der Waals surface area (Å²) in [5, 5.41) is 4.63. The quantitative estimate of drug-likeness (QED) is 0.553. The van der Waals surface area contributed by atoms with Crippen LogP contribution in [0.25, 0.3) is 5.52 Å². The minimum Gasteiger partial charge on any atom is -0.302 e. The fourth-order valence-electron chi connectivity index (χ4n) is 1.80. The van der Waals surface area contributed by atoms with E-state index >= 15 is 0 Å². The Morgan fingerprint density at radius 3 is 3.33 bits per heavy atom. The van der Waals surface area contributed by atoms with E-state index in [0.29, 0.717) is 6.42 Å². The molecule has 3 heterocycles. The van der Waals surface area contributed by atoms with E-state index in [9.17, 15) is 9.59 Å². The van der Waals surface area contributed by atoms with Crippen molar-refractivity contribution >= 4 is 23.6 Å². The Labute approximate surface area is 88.5 Å². The maximum atomic E-state index is 11.5. The predicted molar refractivity (Wildman–Crippen MR) is 55.2 cm³/mol. The highest BCUT2D eigenvalue weighted by Crippen LogP contribution is 2.35. The van der Waals surface area contributed by atoms with Crippen LogP contribution in [0, 0.1) is 0 Å². The topological polar surface area (TPSA) is 67.2 Å². The van der Waals surface area contributed by atoms with E-state index in [1.807, 2.05) is 0 Å². The van der Waals surface area contributed by atoms with Crippen LogP contribution in [-0.2, 0) is 11.2 Å². The molecule has 2 aromatic rings. The van der Waals surface area contributed by atoms with Gasteiger partial charge in [0.25, 0.3) is 0 Å². The first-order valence-electron chi connectivity index (χ1n) is 4.50. The molecule has 1 unspecified atom stereocenters. The van der Waals surface area contributed by atoms with Gasteiger partial charge in [0.15, 0.2) is 0 Å². The molecule has 0 spiro atoms. The Balaban J connectivity index is 2.33. The first-order valence-corrected chi connectivity index (χ1v) is 5.38. The van der Waals surface area contributed by atoms with Gasteiger partial charge < -0.3 is 9.78 Å². The lowest BCUT2D eigenvalue weighted by Crippen LogP contribution is -2.18. The Bertz CT molecular complexity index is 601. The summed E-state index contributed by atoms with van der Waals surface area (Å²) in [5.74, 6) is 0. The molecule has 0 fully saturated rings. The van der Waals surface area contributed by atoms with Crippen LogP contribution in [0.1, 0.15) is 5.56 Å². The van der Waals surface area contributed by atoms with Gasteiger partial charge in [-0.3, -0.25) is 0 Å². The molecule has 1 aliphatic heterocycles. The first-order chi connectivity index (χ1) is 7.29. The smallest absolute Gasteiger partial charge is 0.302 e. The van der Waals surface area contributed by atoms with Gasteiger partial charge in [0.05, 0.1) is 22.0 Å². The van der Waals surface area contributed by atoms with Gasteiger partial charge in [0.1, 0.15) is 6.29 Å². The summed E-state index contributed by atoms with van der Waals surface area (Å²) in [6.45, 7) is 0. The van der Waals surface area contributed by atoms with E-state index in [1.54, 1.807) is 12.3 Å². The monoisotopic (exact) mass is 221 g/mol. The molecule has 0 amide bonds. The van der Waals surface area contributed by atoms with E-state index in [0.717, 1.165) is 22.4 Å². The van der Waals surface area contributed by atoms with Crippen molar-refractivity contribution in [3.63, 3.8) is 0 Å². The van der Waals surface area contributed by atoms with Crippen molar-refractivity contribution in [3.05, 3.63) is 28.3 Å². The average Bonchev–Trinajstić information content (AvgIpc) is 2.80. The third-order valence-electron chi connectivity index (χ3n) is 2.47. The third-order valence-corrected chi connectivity index (χ3v) is 3.63. The van der Waals surface area contributed by atoms with E-state index in [1.165, 1.54) is 16.3 Å². The van der Waals surface area contributed by atoms with Crippen LogP contribution >= 0.6 is 11.8 Å². The van der Waals surface area contributed by atoms with Gasteiger partial charge in [-0.25, -0.2) is 4.79 Å². The molecule has 0 bridgehead atoms. The number of aromatic nitrogens is 3. The highest BCUT2D eigenvalue weighted by Gasteiger charge is 2.25. The molecule has 15 heavy (non-hydrogen) atoms. The predicted octanol–water partition coefficient (Wildman–Crippen LogP) is 0.238. The molecule has 76 valence electrons. The second kappa shape index (κ2) is 2.96. The molecule has 6 heteroatoms. The summed E-state index contributed by atoms with van der Waals surface area (Å²) < 4.78 is 1.33. The minimum atomic E-state index is -0.257. The van der Waals surface area contributed by atoms with Crippen LogP contribution < -0.4 is 5.69 Å². The van der Waals surface area contributed by atoms with Crippen molar-refractivity contribution in [1.29, 1.82) is 0 Å². The zero-order valence-corrected chi connectivity index (χ0v) is 8.45. The standard InChI is InChI=1S/C9H7N3O2S/c13-4-5-3-6-7-1-2-10-12(7)9(14)11-8(6)15-5/h1-2,4-5H,3H2,(H,11,14). The van der Waals surface area contributed by atoms with Crippen LogP contribution in [0.3, 0.4) is 0 Å². The van der Waals surface area contributed by atoms with Gasteiger partial charge in [0.2, 0.25) is 0 Å². The summed E-state index contributed by atoms with van der Waals surface area (Å²) >= 11 is 1.40. The fraction of sp³-hybridized carbons (Fsp3) is 0.222. The average molecular weight is 221 g/mol. The number of carbonyl (C=O) groups is 1. The molecule has 2 aromatic heterocycles. The molecule has 0 saturated carbocycles. The van der Waals surface area contributed by atoms with E-state index in [-0.39, 0.29) is 10.9 Å². The van der Waals surface area contributed by atoms with E-state index in [2.05, 4.69) is 10.1 Å². The lowest BCUT2D eigenvalue weighted by atomic mass is 10.1. The zero-order chi connectivity index (χ0) is 10.4. The van der Waals surface area contributed by atoms with Crippen molar-refractivity contribution in [2.45, 2.75) is 16.7 Å². The number of aromatic amines is 1. The van der Waals surface area contributed by atoms with Crippen LogP contribution in [-0.4, -0.2) is 26.1 Å². The Morgan fingerprint density at radius 2 is 2.53 bits per heavy atom. The van der Waals surface area contributed by atoms with E-state index in [4.69, 9.17) is 0 Å². The Morgan fingerprint density at radius 1 is 1.67 bits per heavy atom. The summed E-state index contributed by atoms with van der Waals surface area (Å²) in [6, 6.07) is 1.79. The number of aldehydes is 1. The Hall–Kier alpha value is -1.56. The summed E-state index contributed by atoms with van der Waals surface area (Å²) in [5.41, 5.74) is 1.55. The molecular formula is C9H7N3O2S. The van der Waals surface area contributed by atoms with Crippen molar-refractivity contribution in [2.24, 2.45) is 0 Å². The second-order valence-corrected chi connectivity index (χ2v) is 4.61.